The third kappa shape index (κ3) is 5.15. The van der Waals surface area contributed by atoms with Crippen molar-refractivity contribution in [2.45, 2.75) is 46.5 Å². The number of aromatic nitrogens is 2. The molecule has 1 heterocycles. The predicted molar refractivity (Wildman–Crippen MR) is 82.1 cm³/mol. The molecule has 0 saturated heterocycles. The van der Waals surface area contributed by atoms with Crippen molar-refractivity contribution >= 4 is 11.9 Å². The van der Waals surface area contributed by atoms with E-state index in [1.54, 1.807) is 12.3 Å². The molecule has 5 heteroatoms. The first-order valence-electron chi connectivity index (χ1n) is 7.59. The molecule has 20 heavy (non-hydrogen) atoms. The number of rotatable bonds is 9. The van der Waals surface area contributed by atoms with E-state index in [-0.39, 0.29) is 5.91 Å². The van der Waals surface area contributed by atoms with Crippen LogP contribution in [0.2, 0.25) is 0 Å². The molecule has 0 radical (unpaired) electrons. The van der Waals surface area contributed by atoms with Gasteiger partial charge in [0, 0.05) is 25.8 Å². The maximum absolute atomic E-state index is 12.0. The van der Waals surface area contributed by atoms with E-state index in [1.807, 2.05) is 0 Å². The van der Waals surface area contributed by atoms with Crippen molar-refractivity contribution in [2.24, 2.45) is 0 Å². The largest absolute Gasteiger partial charge is 0.351 e. The molecule has 1 aromatic heterocycles. The molecule has 5 nitrogen and oxygen atoms in total. The number of hydrogen-bond acceptors (Lipinski definition) is 4. The molecule has 0 aromatic carbocycles. The van der Waals surface area contributed by atoms with Crippen LogP contribution in [0.3, 0.4) is 0 Å². The zero-order valence-electron chi connectivity index (χ0n) is 12.9. The van der Waals surface area contributed by atoms with Crippen molar-refractivity contribution in [2.75, 3.05) is 24.5 Å². The molecule has 1 N–H and O–H groups in total. The maximum Gasteiger partial charge on any atom is 0.270 e. The SMILES string of the molecule is CCCCNC(=O)c1ccnc(N(CCC)CCC)n1. The Bertz CT molecular complexity index is 403. The molecule has 0 aliphatic rings. The summed E-state index contributed by atoms with van der Waals surface area (Å²) in [5.74, 6) is 0.534. The second kappa shape index (κ2) is 9.28. The highest BCUT2D eigenvalue weighted by Crippen LogP contribution is 2.09. The molecule has 1 aromatic rings. The Hall–Kier alpha value is -1.65. The number of carbonyl (C=O) groups excluding carboxylic acids is 1. The minimum atomic E-state index is -0.116. The van der Waals surface area contributed by atoms with E-state index >= 15 is 0 Å². The van der Waals surface area contributed by atoms with E-state index in [2.05, 4.69) is 41.0 Å². The van der Waals surface area contributed by atoms with Gasteiger partial charge >= 0.3 is 0 Å². The van der Waals surface area contributed by atoms with E-state index in [0.29, 0.717) is 18.2 Å². The van der Waals surface area contributed by atoms with Crippen LogP contribution in [-0.2, 0) is 0 Å². The molecule has 0 unspecified atom stereocenters. The molecule has 0 fully saturated rings. The van der Waals surface area contributed by atoms with E-state index in [1.165, 1.54) is 0 Å². The smallest absolute Gasteiger partial charge is 0.270 e. The van der Waals surface area contributed by atoms with Gasteiger partial charge in [-0.25, -0.2) is 9.97 Å². The zero-order chi connectivity index (χ0) is 14.8. The highest BCUT2D eigenvalue weighted by Gasteiger charge is 2.12. The molecule has 0 saturated carbocycles. The van der Waals surface area contributed by atoms with Crippen LogP contribution < -0.4 is 10.2 Å². The van der Waals surface area contributed by atoms with Crippen molar-refractivity contribution in [3.05, 3.63) is 18.0 Å². The van der Waals surface area contributed by atoms with Crippen LogP contribution in [0.25, 0.3) is 0 Å². The molecule has 0 aliphatic heterocycles. The number of hydrogen-bond donors (Lipinski definition) is 1. The monoisotopic (exact) mass is 278 g/mol. The standard InChI is InChI=1S/C15H26N4O/c1-4-7-9-16-14(20)13-8-10-17-15(18-13)19(11-5-2)12-6-3/h8,10H,4-7,9,11-12H2,1-3H3,(H,16,20). The normalized spacial score (nSPS) is 10.3. The van der Waals surface area contributed by atoms with Gasteiger partial charge in [-0.15, -0.1) is 0 Å². The number of nitrogens with one attached hydrogen (secondary N) is 1. The molecule has 0 atom stereocenters. The minimum absolute atomic E-state index is 0.116. The quantitative estimate of drug-likeness (QED) is 0.705. The molecule has 0 bridgehead atoms. The van der Waals surface area contributed by atoms with Gasteiger partial charge in [0.2, 0.25) is 5.95 Å². The van der Waals surface area contributed by atoms with Crippen LogP contribution >= 0.6 is 0 Å². The summed E-state index contributed by atoms with van der Waals surface area (Å²) in [6.07, 6.45) is 5.79. The Labute approximate surface area is 121 Å². The first-order valence-corrected chi connectivity index (χ1v) is 7.59. The second-order valence-corrected chi connectivity index (χ2v) is 4.84. The van der Waals surface area contributed by atoms with Crippen LogP contribution in [0.15, 0.2) is 12.3 Å². The lowest BCUT2D eigenvalue weighted by Gasteiger charge is -2.21. The number of anilines is 1. The Morgan fingerprint density at radius 3 is 2.50 bits per heavy atom. The molecule has 0 spiro atoms. The topological polar surface area (TPSA) is 58.1 Å². The Morgan fingerprint density at radius 2 is 1.90 bits per heavy atom. The van der Waals surface area contributed by atoms with Crippen LogP contribution in [0.4, 0.5) is 5.95 Å². The number of unbranched alkanes of at least 4 members (excludes halogenated alkanes) is 1. The fourth-order valence-corrected chi connectivity index (χ4v) is 1.95. The Morgan fingerprint density at radius 1 is 1.20 bits per heavy atom. The fourth-order valence-electron chi connectivity index (χ4n) is 1.95. The van der Waals surface area contributed by atoms with Crippen molar-refractivity contribution in [1.29, 1.82) is 0 Å². The third-order valence-corrected chi connectivity index (χ3v) is 2.96. The average Bonchev–Trinajstić information content (AvgIpc) is 2.47. The summed E-state index contributed by atoms with van der Waals surface area (Å²) in [7, 11) is 0. The minimum Gasteiger partial charge on any atom is -0.351 e. The third-order valence-electron chi connectivity index (χ3n) is 2.96. The maximum atomic E-state index is 12.0. The summed E-state index contributed by atoms with van der Waals surface area (Å²) in [4.78, 5) is 22.8. The van der Waals surface area contributed by atoms with Crippen molar-refractivity contribution in [3.8, 4) is 0 Å². The van der Waals surface area contributed by atoms with E-state index in [0.717, 1.165) is 38.8 Å². The lowest BCUT2D eigenvalue weighted by molar-refractivity contribution is 0.0948. The average molecular weight is 278 g/mol. The van der Waals surface area contributed by atoms with Gasteiger partial charge in [-0.2, -0.15) is 0 Å². The lowest BCUT2D eigenvalue weighted by atomic mass is 10.3. The molecule has 0 aliphatic carbocycles. The van der Waals surface area contributed by atoms with Crippen LogP contribution in [-0.4, -0.2) is 35.5 Å². The first-order chi connectivity index (χ1) is 9.72. The van der Waals surface area contributed by atoms with Gasteiger partial charge in [0.25, 0.3) is 5.91 Å². The summed E-state index contributed by atoms with van der Waals surface area (Å²) in [5.41, 5.74) is 0.448. The summed E-state index contributed by atoms with van der Waals surface area (Å²) in [5, 5.41) is 2.88. The molecule has 112 valence electrons. The summed E-state index contributed by atoms with van der Waals surface area (Å²) in [6, 6.07) is 1.67. The van der Waals surface area contributed by atoms with Crippen molar-refractivity contribution in [1.82, 2.24) is 15.3 Å². The molecule has 1 amide bonds. The van der Waals surface area contributed by atoms with Gasteiger partial charge in [0.15, 0.2) is 0 Å². The van der Waals surface area contributed by atoms with Gasteiger partial charge in [0.1, 0.15) is 5.69 Å². The summed E-state index contributed by atoms with van der Waals surface area (Å²) >= 11 is 0. The number of carbonyl (C=O) groups is 1. The second-order valence-electron chi connectivity index (χ2n) is 4.84. The lowest BCUT2D eigenvalue weighted by Crippen LogP contribution is -2.29. The van der Waals surface area contributed by atoms with E-state index in [9.17, 15) is 4.79 Å². The molecular formula is C15H26N4O. The number of amides is 1. The van der Waals surface area contributed by atoms with Gasteiger partial charge in [-0.05, 0) is 25.3 Å². The number of nitrogens with zero attached hydrogens (tertiary/aromatic N) is 3. The van der Waals surface area contributed by atoms with Gasteiger partial charge in [-0.1, -0.05) is 27.2 Å². The van der Waals surface area contributed by atoms with Crippen molar-refractivity contribution in [3.63, 3.8) is 0 Å². The first kappa shape index (κ1) is 16.4. The van der Waals surface area contributed by atoms with Gasteiger partial charge in [0.05, 0.1) is 0 Å². The molecular weight excluding hydrogens is 252 g/mol. The van der Waals surface area contributed by atoms with Gasteiger partial charge in [-0.3, -0.25) is 4.79 Å². The highest BCUT2D eigenvalue weighted by molar-refractivity contribution is 5.92. The van der Waals surface area contributed by atoms with Crippen LogP contribution in [0.5, 0.6) is 0 Å². The highest BCUT2D eigenvalue weighted by atomic mass is 16.1. The Kier molecular flexibility index (Phi) is 7.62. The van der Waals surface area contributed by atoms with Crippen LogP contribution in [0, 0.1) is 0 Å². The van der Waals surface area contributed by atoms with E-state index in [4.69, 9.17) is 0 Å². The fraction of sp³-hybridized carbons (Fsp3) is 0.667. The predicted octanol–water partition coefficient (Wildman–Crippen LogP) is 2.63. The zero-order valence-corrected chi connectivity index (χ0v) is 12.9. The molecule has 1 rings (SSSR count). The van der Waals surface area contributed by atoms with Gasteiger partial charge < -0.3 is 10.2 Å². The van der Waals surface area contributed by atoms with Crippen molar-refractivity contribution < 1.29 is 4.79 Å². The van der Waals surface area contributed by atoms with E-state index < -0.39 is 0 Å². The summed E-state index contributed by atoms with van der Waals surface area (Å²) in [6.45, 7) is 8.88. The Balaban J connectivity index is 2.74. The van der Waals surface area contributed by atoms with Crippen LogP contribution in [0.1, 0.15) is 56.9 Å². The summed E-state index contributed by atoms with van der Waals surface area (Å²) < 4.78 is 0.